The third-order valence-electron chi connectivity index (χ3n) is 4.78. The molecule has 0 saturated heterocycles. The molecule has 0 aromatic heterocycles. The Morgan fingerprint density at radius 1 is 1.30 bits per heavy atom. The van der Waals surface area contributed by atoms with E-state index in [1.54, 1.807) is 0 Å². The van der Waals surface area contributed by atoms with Crippen molar-refractivity contribution in [3.63, 3.8) is 0 Å². The first-order valence-corrected chi connectivity index (χ1v) is 8.25. The smallest absolute Gasteiger partial charge is 0.232 e. The molecule has 0 radical (unpaired) electrons. The molecule has 1 N–H and O–H groups in total. The van der Waals surface area contributed by atoms with Gasteiger partial charge in [-0.2, -0.15) is 0 Å². The van der Waals surface area contributed by atoms with Gasteiger partial charge in [-0.25, -0.2) is 0 Å². The molecule has 20 heavy (non-hydrogen) atoms. The van der Waals surface area contributed by atoms with Crippen LogP contribution in [0.2, 0.25) is 0 Å². The number of fused-ring (bicyclic) bond motifs is 1. The van der Waals surface area contributed by atoms with Crippen LogP contribution in [0.3, 0.4) is 0 Å². The first kappa shape index (κ1) is 14.1. The minimum Gasteiger partial charge on any atom is -0.325 e. The van der Waals surface area contributed by atoms with E-state index in [1.807, 2.05) is 12.1 Å². The lowest BCUT2D eigenvalue weighted by atomic mass is 9.64. The summed E-state index contributed by atoms with van der Waals surface area (Å²) in [6.07, 6.45) is 3.57. The molecular formula is C17H22BrNO. The molecule has 2 nitrogen and oxygen atoms in total. The van der Waals surface area contributed by atoms with Crippen LogP contribution in [-0.4, -0.2) is 5.91 Å². The summed E-state index contributed by atoms with van der Waals surface area (Å²) in [6, 6.07) is 6.12. The lowest BCUT2D eigenvalue weighted by molar-refractivity contribution is -0.118. The minimum atomic E-state index is 0.0320. The maximum absolute atomic E-state index is 12.4. The van der Waals surface area contributed by atoms with Gasteiger partial charge in [0.15, 0.2) is 0 Å². The van der Waals surface area contributed by atoms with E-state index in [1.165, 1.54) is 12.0 Å². The highest BCUT2D eigenvalue weighted by Crippen LogP contribution is 2.50. The summed E-state index contributed by atoms with van der Waals surface area (Å²) in [4.78, 5) is 12.4. The predicted molar refractivity (Wildman–Crippen MR) is 85.8 cm³/mol. The van der Waals surface area contributed by atoms with Crippen molar-refractivity contribution >= 4 is 27.5 Å². The monoisotopic (exact) mass is 335 g/mol. The fourth-order valence-corrected chi connectivity index (χ4v) is 4.78. The van der Waals surface area contributed by atoms with E-state index in [9.17, 15) is 4.79 Å². The van der Waals surface area contributed by atoms with Crippen molar-refractivity contribution in [2.24, 2.45) is 17.3 Å². The van der Waals surface area contributed by atoms with Crippen LogP contribution in [0.4, 0.5) is 5.69 Å². The molecule has 1 aliphatic heterocycles. The topological polar surface area (TPSA) is 29.1 Å². The molecule has 3 heteroatoms. The molecule has 3 rings (SSSR count). The molecule has 1 aliphatic carbocycles. The zero-order chi connectivity index (χ0) is 14.5. The van der Waals surface area contributed by atoms with E-state index in [2.05, 4.69) is 48.1 Å². The van der Waals surface area contributed by atoms with Gasteiger partial charge >= 0.3 is 0 Å². The maximum Gasteiger partial charge on any atom is 0.232 e. The Balaban J connectivity index is 1.94. The molecule has 0 bridgehead atoms. The Kier molecular flexibility index (Phi) is 3.44. The van der Waals surface area contributed by atoms with Crippen molar-refractivity contribution in [1.82, 2.24) is 0 Å². The molecular weight excluding hydrogens is 314 g/mol. The van der Waals surface area contributed by atoms with Crippen molar-refractivity contribution < 1.29 is 4.79 Å². The minimum absolute atomic E-state index is 0.0320. The largest absolute Gasteiger partial charge is 0.325 e. The maximum atomic E-state index is 12.4. The summed E-state index contributed by atoms with van der Waals surface area (Å²) < 4.78 is 1.06. The van der Waals surface area contributed by atoms with Crippen LogP contribution in [0.15, 0.2) is 22.7 Å². The third kappa shape index (κ3) is 2.52. The second-order valence-electron chi connectivity index (χ2n) is 7.37. The van der Waals surface area contributed by atoms with Crippen LogP contribution in [0.1, 0.15) is 51.5 Å². The van der Waals surface area contributed by atoms with Gasteiger partial charge in [0.25, 0.3) is 0 Å². The number of hydrogen-bond donors (Lipinski definition) is 1. The Morgan fingerprint density at radius 3 is 2.75 bits per heavy atom. The lowest BCUT2D eigenvalue weighted by Gasteiger charge is -2.41. The van der Waals surface area contributed by atoms with Crippen molar-refractivity contribution in [2.45, 2.75) is 46.0 Å². The van der Waals surface area contributed by atoms with Crippen LogP contribution < -0.4 is 5.32 Å². The Labute approximate surface area is 129 Å². The van der Waals surface area contributed by atoms with Gasteiger partial charge in [0, 0.05) is 10.2 Å². The van der Waals surface area contributed by atoms with Crippen LogP contribution in [0.5, 0.6) is 0 Å². The number of rotatable bonds is 1. The summed E-state index contributed by atoms with van der Waals surface area (Å²) >= 11 is 3.53. The number of halogens is 1. The Morgan fingerprint density at radius 2 is 2.05 bits per heavy atom. The molecule has 2 aliphatic rings. The van der Waals surface area contributed by atoms with Gasteiger partial charge in [0.05, 0.1) is 5.92 Å². The second-order valence-corrected chi connectivity index (χ2v) is 8.29. The van der Waals surface area contributed by atoms with E-state index < -0.39 is 0 Å². The molecule has 1 heterocycles. The van der Waals surface area contributed by atoms with E-state index in [-0.39, 0.29) is 11.8 Å². The fourth-order valence-electron chi connectivity index (χ4n) is 4.40. The predicted octanol–water partition coefficient (Wildman–Crippen LogP) is 4.95. The van der Waals surface area contributed by atoms with Gasteiger partial charge in [0.1, 0.15) is 0 Å². The number of amides is 1. The summed E-state index contributed by atoms with van der Waals surface area (Å²) in [7, 11) is 0. The van der Waals surface area contributed by atoms with Crippen molar-refractivity contribution in [3.05, 3.63) is 28.2 Å². The van der Waals surface area contributed by atoms with Crippen LogP contribution in [0.25, 0.3) is 0 Å². The second kappa shape index (κ2) is 4.87. The highest BCUT2D eigenvalue weighted by Gasteiger charge is 2.42. The van der Waals surface area contributed by atoms with Crippen LogP contribution in [-0.2, 0) is 4.79 Å². The number of carbonyl (C=O) groups excluding carboxylic acids is 1. The van der Waals surface area contributed by atoms with Gasteiger partial charge in [-0.15, -0.1) is 0 Å². The third-order valence-corrected chi connectivity index (χ3v) is 5.27. The average Bonchev–Trinajstić information content (AvgIpc) is 2.61. The Hall–Kier alpha value is -0.830. The number of benzene rings is 1. The first-order valence-electron chi connectivity index (χ1n) is 7.46. The SMILES string of the molecule is CC1CC(C2C(=O)Nc3ccc(Br)cc32)CC(C)(C)C1. The van der Waals surface area contributed by atoms with Gasteiger partial charge in [0.2, 0.25) is 5.91 Å². The standard InChI is InChI=1S/C17H22BrNO/c1-10-6-11(9-17(2,3)8-10)15-13-7-12(18)4-5-14(13)19-16(15)20/h4-5,7,10-11,15H,6,8-9H2,1-3H3,(H,19,20). The van der Waals surface area contributed by atoms with Gasteiger partial charge in [-0.1, -0.05) is 36.7 Å². The van der Waals surface area contributed by atoms with Crippen molar-refractivity contribution in [3.8, 4) is 0 Å². The number of carbonyl (C=O) groups is 1. The molecule has 1 fully saturated rings. The molecule has 3 unspecified atom stereocenters. The van der Waals surface area contributed by atoms with Crippen LogP contribution in [0, 0.1) is 17.3 Å². The number of nitrogens with one attached hydrogen (secondary N) is 1. The van der Waals surface area contributed by atoms with Crippen LogP contribution >= 0.6 is 15.9 Å². The molecule has 108 valence electrons. The normalized spacial score (nSPS) is 31.8. The number of anilines is 1. The van der Waals surface area contributed by atoms with Crippen molar-refractivity contribution in [2.75, 3.05) is 5.32 Å². The van der Waals surface area contributed by atoms with E-state index in [0.29, 0.717) is 17.3 Å². The average molecular weight is 336 g/mol. The quantitative estimate of drug-likeness (QED) is 0.773. The van der Waals surface area contributed by atoms with Crippen molar-refractivity contribution in [1.29, 1.82) is 0 Å². The summed E-state index contributed by atoms with van der Waals surface area (Å²) in [5, 5.41) is 3.05. The molecule has 0 spiro atoms. The molecule has 1 amide bonds. The first-order chi connectivity index (χ1) is 9.35. The summed E-state index contributed by atoms with van der Waals surface area (Å²) in [6.45, 7) is 7.00. The molecule has 3 atom stereocenters. The van der Waals surface area contributed by atoms with E-state index in [4.69, 9.17) is 0 Å². The molecule has 1 aromatic rings. The lowest BCUT2D eigenvalue weighted by Crippen LogP contribution is -2.33. The van der Waals surface area contributed by atoms with Gasteiger partial charge in [-0.3, -0.25) is 4.79 Å². The number of hydrogen-bond acceptors (Lipinski definition) is 1. The Bertz CT molecular complexity index is 552. The van der Waals surface area contributed by atoms with Gasteiger partial charge in [-0.05, 0) is 60.3 Å². The highest BCUT2D eigenvalue weighted by atomic mass is 79.9. The van der Waals surface area contributed by atoms with E-state index >= 15 is 0 Å². The van der Waals surface area contributed by atoms with Gasteiger partial charge < -0.3 is 5.32 Å². The van der Waals surface area contributed by atoms with E-state index in [0.717, 1.165) is 23.0 Å². The zero-order valence-corrected chi connectivity index (χ0v) is 14.0. The summed E-state index contributed by atoms with van der Waals surface area (Å²) in [5.74, 6) is 1.38. The molecule has 1 aromatic carbocycles. The highest BCUT2D eigenvalue weighted by molar-refractivity contribution is 9.10. The molecule has 1 saturated carbocycles. The summed E-state index contributed by atoms with van der Waals surface area (Å²) in [5.41, 5.74) is 2.52. The zero-order valence-electron chi connectivity index (χ0n) is 12.4. The fraction of sp³-hybridized carbons (Fsp3) is 0.588.